The van der Waals surface area contributed by atoms with Crippen molar-refractivity contribution in [3.8, 4) is 11.3 Å². The molecular formula is C16H14FN3O2S. The first-order chi connectivity index (χ1) is 10.9. The Hall–Kier alpha value is -2.67. The summed E-state index contributed by atoms with van der Waals surface area (Å²) >= 11 is 0. The van der Waals surface area contributed by atoms with Crippen molar-refractivity contribution >= 4 is 15.8 Å². The largest absolute Gasteiger partial charge is 0.383 e. The second kappa shape index (κ2) is 5.51. The van der Waals surface area contributed by atoms with Gasteiger partial charge in [-0.15, -0.1) is 4.09 Å². The average Bonchev–Trinajstić information content (AvgIpc) is 2.90. The molecule has 5 nitrogen and oxygen atoms in total. The Kier molecular flexibility index (Phi) is 3.65. The molecule has 0 radical (unpaired) electrons. The molecule has 2 aromatic carbocycles. The number of anilines is 1. The third-order valence-corrected chi connectivity index (χ3v) is 4.99. The lowest BCUT2D eigenvalue weighted by Crippen LogP contribution is -2.16. The number of aromatic nitrogens is 2. The van der Waals surface area contributed by atoms with Crippen molar-refractivity contribution in [2.75, 3.05) is 5.73 Å². The Labute approximate surface area is 133 Å². The van der Waals surface area contributed by atoms with E-state index in [2.05, 4.69) is 5.10 Å². The van der Waals surface area contributed by atoms with Gasteiger partial charge in [-0.1, -0.05) is 29.8 Å². The van der Waals surface area contributed by atoms with Gasteiger partial charge in [0.05, 0.1) is 10.6 Å². The third kappa shape index (κ3) is 2.83. The minimum absolute atomic E-state index is 0.0372. The lowest BCUT2D eigenvalue weighted by molar-refractivity contribution is 0.581. The molecule has 0 bridgehead atoms. The highest BCUT2D eigenvalue weighted by atomic mass is 32.2. The van der Waals surface area contributed by atoms with Gasteiger partial charge in [0.15, 0.2) is 0 Å². The first-order valence-corrected chi connectivity index (χ1v) is 8.26. The van der Waals surface area contributed by atoms with Crippen LogP contribution in [0.1, 0.15) is 5.56 Å². The second-order valence-electron chi connectivity index (χ2n) is 5.13. The second-order valence-corrected chi connectivity index (χ2v) is 6.89. The maximum absolute atomic E-state index is 13.3. The van der Waals surface area contributed by atoms with E-state index < -0.39 is 15.8 Å². The van der Waals surface area contributed by atoms with Gasteiger partial charge in [-0.25, -0.2) is 4.39 Å². The summed E-state index contributed by atoms with van der Waals surface area (Å²) in [5.74, 6) is -0.471. The van der Waals surface area contributed by atoms with E-state index in [0.717, 1.165) is 9.65 Å². The van der Waals surface area contributed by atoms with Gasteiger partial charge >= 0.3 is 0 Å². The van der Waals surface area contributed by atoms with Crippen LogP contribution >= 0.6 is 0 Å². The van der Waals surface area contributed by atoms with Crippen LogP contribution in [0.5, 0.6) is 0 Å². The van der Waals surface area contributed by atoms with Crippen LogP contribution < -0.4 is 5.73 Å². The lowest BCUT2D eigenvalue weighted by atomic mass is 10.1. The Bertz CT molecular complexity index is 963. The van der Waals surface area contributed by atoms with Gasteiger partial charge in [0.2, 0.25) is 0 Å². The molecule has 0 aliphatic heterocycles. The summed E-state index contributed by atoms with van der Waals surface area (Å²) in [4.78, 5) is 0.0868. The zero-order valence-electron chi connectivity index (χ0n) is 12.3. The van der Waals surface area contributed by atoms with E-state index in [1.807, 2.05) is 6.92 Å². The minimum atomic E-state index is -3.90. The molecule has 0 atom stereocenters. The number of hydrogen-bond donors (Lipinski definition) is 1. The van der Waals surface area contributed by atoms with Gasteiger partial charge in [0.1, 0.15) is 11.6 Å². The number of nitrogens with two attached hydrogens (primary N) is 1. The van der Waals surface area contributed by atoms with Gasteiger partial charge in [0, 0.05) is 11.6 Å². The summed E-state index contributed by atoms with van der Waals surface area (Å²) in [7, 11) is -3.90. The molecule has 7 heteroatoms. The molecule has 23 heavy (non-hydrogen) atoms. The van der Waals surface area contributed by atoms with E-state index in [1.165, 1.54) is 36.4 Å². The van der Waals surface area contributed by atoms with Crippen LogP contribution in [-0.2, 0) is 10.0 Å². The fourth-order valence-corrected chi connectivity index (χ4v) is 3.38. The Morgan fingerprint density at radius 2 is 1.78 bits per heavy atom. The van der Waals surface area contributed by atoms with Crippen LogP contribution in [0.2, 0.25) is 0 Å². The molecule has 2 N–H and O–H groups in total. The van der Waals surface area contributed by atoms with Crippen LogP contribution in [0.3, 0.4) is 0 Å². The van der Waals surface area contributed by atoms with E-state index in [-0.39, 0.29) is 16.4 Å². The number of halogens is 1. The number of nitrogen functional groups attached to an aromatic ring is 1. The van der Waals surface area contributed by atoms with E-state index in [0.29, 0.717) is 5.56 Å². The molecule has 0 aliphatic rings. The van der Waals surface area contributed by atoms with Crippen LogP contribution in [-0.4, -0.2) is 17.6 Å². The van der Waals surface area contributed by atoms with Crippen molar-refractivity contribution in [1.82, 2.24) is 9.19 Å². The maximum atomic E-state index is 13.3. The van der Waals surface area contributed by atoms with Gasteiger partial charge < -0.3 is 5.73 Å². The SMILES string of the molecule is Cc1ccc(S(=O)(=O)n2nc(-c3cccc(F)c3)cc2N)cc1. The molecule has 3 aromatic rings. The van der Waals surface area contributed by atoms with Crippen molar-refractivity contribution in [2.24, 2.45) is 0 Å². The van der Waals surface area contributed by atoms with Crippen molar-refractivity contribution in [2.45, 2.75) is 11.8 Å². The van der Waals surface area contributed by atoms with E-state index >= 15 is 0 Å². The molecular weight excluding hydrogens is 317 g/mol. The normalized spacial score (nSPS) is 11.6. The summed E-state index contributed by atoms with van der Waals surface area (Å²) in [6, 6.07) is 13.5. The first kappa shape index (κ1) is 15.2. The van der Waals surface area contributed by atoms with Gasteiger partial charge in [-0.3, -0.25) is 0 Å². The predicted molar refractivity (Wildman–Crippen MR) is 85.8 cm³/mol. The zero-order valence-corrected chi connectivity index (χ0v) is 13.1. The highest BCUT2D eigenvalue weighted by Crippen LogP contribution is 2.24. The van der Waals surface area contributed by atoms with E-state index in [4.69, 9.17) is 5.73 Å². The molecule has 1 aromatic heterocycles. The average molecular weight is 331 g/mol. The van der Waals surface area contributed by atoms with Crippen LogP contribution in [0.4, 0.5) is 10.2 Å². The fraction of sp³-hybridized carbons (Fsp3) is 0.0625. The summed E-state index contributed by atoms with van der Waals surface area (Å²) in [5, 5.41) is 4.03. The van der Waals surface area contributed by atoms with Crippen LogP contribution in [0.25, 0.3) is 11.3 Å². The van der Waals surface area contributed by atoms with Gasteiger partial charge in [-0.05, 0) is 31.2 Å². The summed E-state index contributed by atoms with van der Waals surface area (Å²) in [5.41, 5.74) is 7.48. The van der Waals surface area contributed by atoms with Crippen molar-refractivity contribution in [3.63, 3.8) is 0 Å². The number of benzene rings is 2. The number of nitrogens with zero attached hydrogens (tertiary/aromatic N) is 2. The Morgan fingerprint density at radius 1 is 1.09 bits per heavy atom. The molecule has 0 aliphatic carbocycles. The van der Waals surface area contributed by atoms with E-state index in [1.54, 1.807) is 18.2 Å². The highest BCUT2D eigenvalue weighted by molar-refractivity contribution is 7.90. The quantitative estimate of drug-likeness (QED) is 0.800. The van der Waals surface area contributed by atoms with E-state index in [9.17, 15) is 12.8 Å². The topological polar surface area (TPSA) is 78.0 Å². The zero-order chi connectivity index (χ0) is 16.6. The molecule has 3 rings (SSSR count). The Balaban J connectivity index is 2.09. The summed E-state index contributed by atoms with van der Waals surface area (Å²) < 4.78 is 39.3. The number of hydrogen-bond acceptors (Lipinski definition) is 4. The molecule has 0 fully saturated rings. The van der Waals surface area contributed by atoms with Crippen LogP contribution in [0, 0.1) is 12.7 Å². The Morgan fingerprint density at radius 3 is 2.43 bits per heavy atom. The fourth-order valence-electron chi connectivity index (χ4n) is 2.17. The molecule has 1 heterocycles. The van der Waals surface area contributed by atoms with Crippen molar-refractivity contribution < 1.29 is 12.8 Å². The minimum Gasteiger partial charge on any atom is -0.383 e. The first-order valence-electron chi connectivity index (χ1n) is 6.81. The molecule has 0 saturated carbocycles. The highest BCUT2D eigenvalue weighted by Gasteiger charge is 2.21. The monoisotopic (exact) mass is 331 g/mol. The molecule has 0 unspecified atom stereocenters. The number of rotatable bonds is 3. The molecule has 0 saturated heterocycles. The van der Waals surface area contributed by atoms with Gasteiger partial charge in [-0.2, -0.15) is 13.5 Å². The van der Waals surface area contributed by atoms with Gasteiger partial charge in [0.25, 0.3) is 10.0 Å². The van der Waals surface area contributed by atoms with Crippen molar-refractivity contribution in [3.05, 3.63) is 66.0 Å². The predicted octanol–water partition coefficient (Wildman–Crippen LogP) is 2.82. The number of aryl methyl sites for hydroxylation is 1. The summed E-state index contributed by atoms with van der Waals surface area (Å²) in [6.45, 7) is 1.86. The molecule has 118 valence electrons. The molecule has 0 spiro atoms. The third-order valence-electron chi connectivity index (χ3n) is 3.37. The molecule has 0 amide bonds. The standard InChI is InChI=1S/C16H14FN3O2S/c1-11-5-7-14(8-6-11)23(21,22)20-16(18)10-15(19-20)12-3-2-4-13(17)9-12/h2-10H,18H2,1H3. The van der Waals surface area contributed by atoms with Crippen LogP contribution in [0.15, 0.2) is 59.5 Å². The maximum Gasteiger partial charge on any atom is 0.284 e. The smallest absolute Gasteiger partial charge is 0.284 e. The summed E-state index contributed by atoms with van der Waals surface area (Å²) in [6.07, 6.45) is 0. The lowest BCUT2D eigenvalue weighted by Gasteiger charge is -2.06. The van der Waals surface area contributed by atoms with Crippen molar-refractivity contribution in [1.29, 1.82) is 0 Å².